The highest BCUT2D eigenvalue weighted by molar-refractivity contribution is 6.34. The standard InChI is InChI=1S/C23H19ClF3N5O/c1-12(13-2-4-15(25)5-3-13)18(26)11-29-22(33)20-17(24)7-6-16(21(20)27)14-8-9-32-19(10-14)30-23(28)31-32/h2-10,12,18H,11H2,1H3,(H2,28,31)(H,29,33)/t12-,18-/m0/s1. The van der Waals surface area contributed by atoms with Gasteiger partial charge in [-0.25, -0.2) is 17.7 Å². The molecule has 0 saturated carbocycles. The van der Waals surface area contributed by atoms with Gasteiger partial charge in [0, 0.05) is 24.2 Å². The van der Waals surface area contributed by atoms with E-state index in [1.807, 2.05) is 0 Å². The topological polar surface area (TPSA) is 85.3 Å². The molecule has 0 aliphatic rings. The van der Waals surface area contributed by atoms with E-state index >= 15 is 4.39 Å². The van der Waals surface area contributed by atoms with Gasteiger partial charge in [0.1, 0.15) is 17.8 Å². The summed E-state index contributed by atoms with van der Waals surface area (Å²) in [6.07, 6.45) is 0.0806. The minimum Gasteiger partial charge on any atom is -0.366 e. The molecule has 33 heavy (non-hydrogen) atoms. The Bertz CT molecular complexity index is 1330. The first-order valence-electron chi connectivity index (χ1n) is 10.0. The Morgan fingerprint density at radius 3 is 2.64 bits per heavy atom. The number of aromatic nitrogens is 3. The highest BCUT2D eigenvalue weighted by Gasteiger charge is 2.23. The van der Waals surface area contributed by atoms with Crippen molar-refractivity contribution in [2.24, 2.45) is 0 Å². The number of carbonyl (C=O) groups excluding carboxylic acids is 1. The van der Waals surface area contributed by atoms with E-state index in [-0.39, 0.29) is 23.1 Å². The van der Waals surface area contributed by atoms with Crippen molar-refractivity contribution in [1.29, 1.82) is 0 Å². The second kappa shape index (κ2) is 9.11. The number of carbonyl (C=O) groups is 1. The van der Waals surface area contributed by atoms with Crippen molar-refractivity contribution in [2.75, 3.05) is 12.3 Å². The number of halogens is 4. The van der Waals surface area contributed by atoms with Crippen molar-refractivity contribution in [3.05, 3.63) is 82.5 Å². The Balaban J connectivity index is 1.54. The van der Waals surface area contributed by atoms with E-state index in [0.717, 1.165) is 0 Å². The van der Waals surface area contributed by atoms with Gasteiger partial charge in [0.25, 0.3) is 5.91 Å². The highest BCUT2D eigenvalue weighted by atomic mass is 35.5. The molecule has 0 aliphatic carbocycles. The molecule has 0 aliphatic heterocycles. The Hall–Kier alpha value is -3.59. The van der Waals surface area contributed by atoms with Crippen LogP contribution in [0.25, 0.3) is 16.8 Å². The van der Waals surface area contributed by atoms with Gasteiger partial charge in [0.15, 0.2) is 5.65 Å². The molecule has 2 heterocycles. The molecule has 0 unspecified atom stereocenters. The van der Waals surface area contributed by atoms with Gasteiger partial charge < -0.3 is 11.1 Å². The maximum Gasteiger partial charge on any atom is 0.255 e. The van der Waals surface area contributed by atoms with E-state index in [1.54, 1.807) is 25.3 Å². The Kier molecular flexibility index (Phi) is 6.24. The quantitative estimate of drug-likeness (QED) is 0.422. The summed E-state index contributed by atoms with van der Waals surface area (Å²) in [5.41, 5.74) is 6.72. The third-order valence-electron chi connectivity index (χ3n) is 5.38. The zero-order valence-corrected chi connectivity index (χ0v) is 18.2. The van der Waals surface area contributed by atoms with Crippen molar-refractivity contribution in [1.82, 2.24) is 19.9 Å². The molecule has 4 rings (SSSR count). The van der Waals surface area contributed by atoms with Crippen LogP contribution in [0.5, 0.6) is 0 Å². The molecule has 1 amide bonds. The van der Waals surface area contributed by atoms with Gasteiger partial charge in [0.05, 0.1) is 10.6 Å². The molecular formula is C23H19ClF3N5O. The first kappa shape index (κ1) is 22.6. The summed E-state index contributed by atoms with van der Waals surface area (Å²) in [5, 5.41) is 6.25. The van der Waals surface area contributed by atoms with Crippen LogP contribution in [0.15, 0.2) is 54.7 Å². The number of nitrogens with one attached hydrogen (secondary N) is 1. The van der Waals surface area contributed by atoms with Gasteiger partial charge in [-0.05, 0) is 47.5 Å². The zero-order chi connectivity index (χ0) is 23.7. The molecule has 4 aromatic rings. The second-order valence-electron chi connectivity index (χ2n) is 7.54. The molecule has 0 bridgehead atoms. The number of alkyl halides is 1. The van der Waals surface area contributed by atoms with Crippen molar-refractivity contribution in [3.8, 4) is 11.1 Å². The Morgan fingerprint density at radius 2 is 1.91 bits per heavy atom. The molecule has 0 radical (unpaired) electrons. The summed E-state index contributed by atoms with van der Waals surface area (Å²) in [7, 11) is 0. The maximum atomic E-state index is 15.3. The third kappa shape index (κ3) is 4.63. The number of benzene rings is 2. The lowest BCUT2D eigenvalue weighted by Crippen LogP contribution is -2.33. The molecule has 6 nitrogen and oxygen atoms in total. The molecular weight excluding hydrogens is 455 g/mol. The molecule has 2 aromatic heterocycles. The van der Waals surface area contributed by atoms with Crippen LogP contribution in [0.2, 0.25) is 5.02 Å². The van der Waals surface area contributed by atoms with Gasteiger partial charge >= 0.3 is 0 Å². The molecule has 2 atom stereocenters. The van der Waals surface area contributed by atoms with Crippen molar-refractivity contribution >= 4 is 29.1 Å². The largest absolute Gasteiger partial charge is 0.366 e. The normalized spacial score (nSPS) is 13.1. The van der Waals surface area contributed by atoms with Gasteiger partial charge in [-0.1, -0.05) is 30.7 Å². The van der Waals surface area contributed by atoms with E-state index in [0.29, 0.717) is 16.8 Å². The van der Waals surface area contributed by atoms with Crippen molar-refractivity contribution in [3.63, 3.8) is 0 Å². The summed E-state index contributed by atoms with van der Waals surface area (Å²) in [6.45, 7) is 1.24. The van der Waals surface area contributed by atoms with Crippen LogP contribution >= 0.6 is 11.6 Å². The summed E-state index contributed by atoms with van der Waals surface area (Å²) in [6, 6.07) is 11.4. The lowest BCUT2D eigenvalue weighted by Gasteiger charge is -2.18. The average Bonchev–Trinajstić information content (AvgIpc) is 3.16. The average molecular weight is 474 g/mol. The second-order valence-corrected chi connectivity index (χ2v) is 7.95. The Morgan fingerprint density at radius 1 is 1.18 bits per heavy atom. The number of rotatable bonds is 6. The lowest BCUT2D eigenvalue weighted by molar-refractivity contribution is 0.0935. The fourth-order valence-corrected chi connectivity index (χ4v) is 3.71. The van der Waals surface area contributed by atoms with Crippen LogP contribution in [-0.4, -0.2) is 33.2 Å². The third-order valence-corrected chi connectivity index (χ3v) is 5.69. The Labute approximate surface area is 192 Å². The van der Waals surface area contributed by atoms with E-state index in [1.165, 1.54) is 40.9 Å². The number of nitrogens with zero attached hydrogens (tertiary/aromatic N) is 3. The molecule has 0 fully saturated rings. The number of nitrogens with two attached hydrogens (primary N) is 1. The molecule has 0 spiro atoms. The fourth-order valence-electron chi connectivity index (χ4n) is 3.48. The van der Waals surface area contributed by atoms with Crippen molar-refractivity contribution in [2.45, 2.75) is 19.0 Å². The number of fused-ring (bicyclic) bond motifs is 1. The van der Waals surface area contributed by atoms with E-state index < -0.39 is 35.2 Å². The maximum absolute atomic E-state index is 15.3. The molecule has 170 valence electrons. The highest BCUT2D eigenvalue weighted by Crippen LogP contribution is 2.30. The van der Waals surface area contributed by atoms with Gasteiger partial charge in [-0.2, -0.15) is 4.98 Å². The predicted molar refractivity (Wildman–Crippen MR) is 120 cm³/mol. The smallest absolute Gasteiger partial charge is 0.255 e. The molecule has 10 heteroatoms. The summed E-state index contributed by atoms with van der Waals surface area (Å²) in [4.78, 5) is 16.7. The van der Waals surface area contributed by atoms with Crippen LogP contribution in [0.4, 0.5) is 19.1 Å². The number of pyridine rings is 1. The fraction of sp³-hybridized carbons (Fsp3) is 0.174. The molecule has 2 aromatic carbocycles. The van der Waals surface area contributed by atoms with E-state index in [2.05, 4.69) is 15.4 Å². The number of amides is 1. The summed E-state index contributed by atoms with van der Waals surface area (Å²) < 4.78 is 44.5. The van der Waals surface area contributed by atoms with E-state index in [9.17, 15) is 13.6 Å². The van der Waals surface area contributed by atoms with Gasteiger partial charge in [-0.3, -0.25) is 4.79 Å². The lowest BCUT2D eigenvalue weighted by atomic mass is 9.96. The van der Waals surface area contributed by atoms with Crippen molar-refractivity contribution < 1.29 is 18.0 Å². The van der Waals surface area contributed by atoms with Crippen LogP contribution in [-0.2, 0) is 0 Å². The van der Waals surface area contributed by atoms with Gasteiger partial charge in [-0.15, -0.1) is 5.10 Å². The van der Waals surface area contributed by atoms with Crippen LogP contribution in [0.1, 0.15) is 28.8 Å². The monoisotopic (exact) mass is 473 g/mol. The number of anilines is 1. The number of hydrogen-bond acceptors (Lipinski definition) is 4. The zero-order valence-electron chi connectivity index (χ0n) is 17.4. The number of nitrogen functional groups attached to an aromatic ring is 1. The predicted octanol–water partition coefficient (Wildman–Crippen LogP) is 4.78. The molecule has 0 saturated heterocycles. The number of hydrogen-bond donors (Lipinski definition) is 2. The van der Waals surface area contributed by atoms with Crippen LogP contribution in [0, 0.1) is 11.6 Å². The summed E-state index contributed by atoms with van der Waals surface area (Å²) >= 11 is 6.10. The first-order chi connectivity index (χ1) is 15.7. The van der Waals surface area contributed by atoms with E-state index in [4.69, 9.17) is 17.3 Å². The SMILES string of the molecule is C[C@@H](c1ccc(F)cc1)[C@@H](F)CNC(=O)c1c(Cl)ccc(-c2ccn3nc(N)nc3c2)c1F. The first-order valence-corrected chi connectivity index (χ1v) is 10.4. The van der Waals surface area contributed by atoms with Crippen LogP contribution in [0.3, 0.4) is 0 Å². The van der Waals surface area contributed by atoms with Crippen LogP contribution < -0.4 is 11.1 Å². The summed E-state index contributed by atoms with van der Waals surface area (Å²) in [5.74, 6) is -2.66. The van der Waals surface area contributed by atoms with Gasteiger partial charge in [0.2, 0.25) is 5.95 Å². The molecule has 3 N–H and O–H groups in total. The minimum absolute atomic E-state index is 0.0689. The minimum atomic E-state index is -1.48.